The van der Waals surface area contributed by atoms with Crippen molar-refractivity contribution in [1.82, 2.24) is 9.59 Å². The maximum Gasteiger partial charge on any atom is 0.137 e. The van der Waals surface area contributed by atoms with E-state index in [0.717, 1.165) is 16.1 Å². The monoisotopic (exact) mass is 315 g/mol. The van der Waals surface area contributed by atoms with Crippen LogP contribution >= 0.6 is 27.5 Å². The first-order valence-electron chi connectivity index (χ1n) is 5.06. The lowest BCUT2D eigenvalue weighted by molar-refractivity contribution is 0.619. The molecular weight excluding hydrogens is 305 g/mol. The van der Waals surface area contributed by atoms with Crippen LogP contribution in [-0.2, 0) is 6.42 Å². The normalized spacial score (nSPS) is 12.7. The second-order valence-electron chi connectivity index (χ2n) is 3.78. The van der Waals surface area contributed by atoms with Crippen molar-refractivity contribution >= 4 is 27.5 Å². The third-order valence-corrected chi connectivity index (χ3v) is 4.03. The first kappa shape index (κ1) is 12.6. The van der Waals surface area contributed by atoms with Crippen LogP contribution in [0.1, 0.15) is 22.2 Å². The molecule has 0 spiro atoms. The van der Waals surface area contributed by atoms with E-state index in [1.54, 1.807) is 12.1 Å². The number of halogens is 2. The Labute approximate surface area is 111 Å². The number of hydrogen-bond donors (Lipinski definition) is 1. The first-order valence-corrected chi connectivity index (χ1v) is 6.63. The number of rotatable bonds is 3. The lowest BCUT2D eigenvalue weighted by Crippen LogP contribution is -2.13. The Hall–Kier alpha value is -0.850. The van der Waals surface area contributed by atoms with Crippen molar-refractivity contribution in [3.63, 3.8) is 0 Å². The summed E-state index contributed by atoms with van der Waals surface area (Å²) in [7, 11) is 0. The van der Waals surface area contributed by atoms with Gasteiger partial charge >= 0.3 is 0 Å². The summed E-state index contributed by atoms with van der Waals surface area (Å²) in [6.07, 6.45) is 0.642. The minimum atomic E-state index is -0.266. The molecular formula is C11H11BrFN3S. The Morgan fingerprint density at radius 3 is 2.88 bits per heavy atom. The van der Waals surface area contributed by atoms with E-state index >= 15 is 0 Å². The molecule has 0 bridgehead atoms. The maximum atomic E-state index is 13.1. The molecule has 0 fully saturated rings. The van der Waals surface area contributed by atoms with Crippen LogP contribution in [0.5, 0.6) is 0 Å². The van der Waals surface area contributed by atoms with Crippen molar-refractivity contribution in [2.24, 2.45) is 5.73 Å². The van der Waals surface area contributed by atoms with Crippen molar-refractivity contribution in [2.45, 2.75) is 19.4 Å². The van der Waals surface area contributed by atoms with Crippen molar-refractivity contribution < 1.29 is 4.39 Å². The van der Waals surface area contributed by atoms with E-state index in [2.05, 4.69) is 25.5 Å². The number of hydrogen-bond acceptors (Lipinski definition) is 4. The van der Waals surface area contributed by atoms with Gasteiger partial charge in [-0.05, 0) is 58.5 Å². The molecule has 0 aliphatic rings. The summed E-state index contributed by atoms with van der Waals surface area (Å²) in [5.41, 5.74) is 7.93. The van der Waals surface area contributed by atoms with Gasteiger partial charge in [-0.3, -0.25) is 0 Å². The molecule has 90 valence electrons. The molecule has 0 amide bonds. The molecule has 6 heteroatoms. The van der Waals surface area contributed by atoms with Crippen LogP contribution in [0.2, 0.25) is 0 Å². The third kappa shape index (κ3) is 2.88. The highest BCUT2D eigenvalue weighted by Gasteiger charge is 2.14. The minimum absolute atomic E-state index is 0.146. The second kappa shape index (κ2) is 5.20. The summed E-state index contributed by atoms with van der Waals surface area (Å²) in [6, 6.07) is 4.78. The molecule has 1 heterocycles. The Morgan fingerprint density at radius 2 is 2.29 bits per heavy atom. The molecule has 0 aliphatic carbocycles. The molecule has 1 unspecified atom stereocenters. The topological polar surface area (TPSA) is 51.8 Å². The largest absolute Gasteiger partial charge is 0.323 e. The van der Waals surface area contributed by atoms with Gasteiger partial charge in [0.15, 0.2) is 0 Å². The number of aryl methyl sites for hydroxylation is 1. The van der Waals surface area contributed by atoms with Gasteiger partial charge in [-0.1, -0.05) is 10.6 Å². The molecule has 2 aromatic rings. The molecule has 1 atom stereocenters. The summed E-state index contributed by atoms with van der Waals surface area (Å²) >= 11 is 4.47. The van der Waals surface area contributed by atoms with E-state index in [0.29, 0.717) is 10.9 Å². The third-order valence-electron chi connectivity index (χ3n) is 2.46. The van der Waals surface area contributed by atoms with Gasteiger partial charge in [0.25, 0.3) is 0 Å². The lowest BCUT2D eigenvalue weighted by atomic mass is 10.0. The summed E-state index contributed by atoms with van der Waals surface area (Å²) in [5, 5.41) is 3.93. The summed E-state index contributed by atoms with van der Waals surface area (Å²) < 4.78 is 17.4. The highest BCUT2D eigenvalue weighted by atomic mass is 79.9. The number of benzene rings is 1. The molecule has 17 heavy (non-hydrogen) atoms. The predicted octanol–water partition coefficient (Wildman–Crippen LogP) is 2.99. The van der Waals surface area contributed by atoms with E-state index in [1.165, 1.54) is 17.6 Å². The zero-order valence-corrected chi connectivity index (χ0v) is 11.6. The standard InChI is InChI=1S/C11H11BrFN3S/c1-6-11(17-16-15-6)10(14)5-7-2-3-9(13)8(12)4-7/h2-4,10H,5,14H2,1H3. The van der Waals surface area contributed by atoms with E-state index in [4.69, 9.17) is 5.73 Å². The molecule has 0 radical (unpaired) electrons. The zero-order chi connectivity index (χ0) is 12.4. The van der Waals surface area contributed by atoms with Gasteiger partial charge in [-0.25, -0.2) is 4.39 Å². The average molecular weight is 316 g/mol. The highest BCUT2D eigenvalue weighted by molar-refractivity contribution is 9.10. The van der Waals surface area contributed by atoms with Crippen LogP contribution in [0.25, 0.3) is 0 Å². The fourth-order valence-electron chi connectivity index (χ4n) is 1.59. The predicted molar refractivity (Wildman–Crippen MR) is 69.4 cm³/mol. The number of nitrogens with zero attached hydrogens (tertiary/aromatic N) is 2. The second-order valence-corrected chi connectivity index (χ2v) is 5.42. The van der Waals surface area contributed by atoms with Crippen molar-refractivity contribution in [3.8, 4) is 0 Å². The van der Waals surface area contributed by atoms with E-state index in [-0.39, 0.29) is 11.9 Å². The van der Waals surface area contributed by atoms with Gasteiger partial charge in [0.1, 0.15) is 5.82 Å². The zero-order valence-electron chi connectivity index (χ0n) is 9.15. The van der Waals surface area contributed by atoms with Gasteiger partial charge in [0, 0.05) is 6.04 Å². The van der Waals surface area contributed by atoms with Crippen LogP contribution in [-0.4, -0.2) is 9.59 Å². The molecule has 1 aromatic heterocycles. The lowest BCUT2D eigenvalue weighted by Gasteiger charge is -2.10. The Morgan fingerprint density at radius 1 is 1.53 bits per heavy atom. The van der Waals surface area contributed by atoms with E-state index in [9.17, 15) is 4.39 Å². The van der Waals surface area contributed by atoms with Gasteiger partial charge in [-0.15, -0.1) is 5.10 Å². The number of aromatic nitrogens is 2. The summed E-state index contributed by atoms with van der Waals surface area (Å²) in [5.74, 6) is -0.266. The first-order chi connectivity index (χ1) is 8.08. The van der Waals surface area contributed by atoms with Crippen molar-refractivity contribution in [2.75, 3.05) is 0 Å². The van der Waals surface area contributed by atoms with Gasteiger partial charge in [0.05, 0.1) is 15.0 Å². The Kier molecular flexibility index (Phi) is 3.86. The van der Waals surface area contributed by atoms with Crippen LogP contribution < -0.4 is 5.73 Å². The molecule has 0 saturated heterocycles. The Balaban J connectivity index is 2.16. The average Bonchev–Trinajstić information content (AvgIpc) is 2.70. The molecule has 2 N–H and O–H groups in total. The van der Waals surface area contributed by atoms with E-state index < -0.39 is 0 Å². The fourth-order valence-corrected chi connectivity index (χ4v) is 2.66. The smallest absolute Gasteiger partial charge is 0.137 e. The van der Waals surface area contributed by atoms with E-state index in [1.807, 2.05) is 6.92 Å². The quantitative estimate of drug-likeness (QED) is 0.947. The summed E-state index contributed by atoms with van der Waals surface area (Å²) in [6.45, 7) is 1.89. The highest BCUT2D eigenvalue weighted by Crippen LogP contribution is 2.24. The molecule has 0 aliphatic heterocycles. The maximum absolute atomic E-state index is 13.1. The van der Waals surface area contributed by atoms with Crippen molar-refractivity contribution in [3.05, 3.63) is 44.6 Å². The van der Waals surface area contributed by atoms with Crippen molar-refractivity contribution in [1.29, 1.82) is 0 Å². The van der Waals surface area contributed by atoms with Gasteiger partial charge < -0.3 is 5.73 Å². The fraction of sp³-hybridized carbons (Fsp3) is 0.273. The Bertz CT molecular complexity index is 529. The van der Waals surface area contributed by atoms with Gasteiger partial charge in [0.2, 0.25) is 0 Å². The molecule has 3 nitrogen and oxygen atoms in total. The number of nitrogens with two attached hydrogens (primary N) is 1. The van der Waals surface area contributed by atoms with Crippen LogP contribution in [0, 0.1) is 12.7 Å². The SMILES string of the molecule is Cc1nnsc1C(N)Cc1ccc(F)c(Br)c1. The summed E-state index contributed by atoms with van der Waals surface area (Å²) in [4.78, 5) is 0.977. The van der Waals surface area contributed by atoms with Crippen LogP contribution in [0.3, 0.4) is 0 Å². The minimum Gasteiger partial charge on any atom is -0.323 e. The molecule has 1 aromatic carbocycles. The van der Waals surface area contributed by atoms with Gasteiger partial charge in [-0.2, -0.15) is 0 Å². The molecule has 0 saturated carbocycles. The van der Waals surface area contributed by atoms with Crippen LogP contribution in [0.4, 0.5) is 4.39 Å². The van der Waals surface area contributed by atoms with Crippen LogP contribution in [0.15, 0.2) is 22.7 Å². The molecule has 2 rings (SSSR count).